The number of rotatable bonds is 6. The van der Waals surface area contributed by atoms with Crippen LogP contribution < -0.4 is 10.6 Å². The van der Waals surface area contributed by atoms with Crippen LogP contribution in [-0.2, 0) is 4.79 Å². The standard InChI is InChI=1S/C14H28N2O/c1-11(2)7-6-8-12(3)16-14(17)13-9-4-5-10-15-13/h11-13,15H,4-10H2,1-3H3,(H,16,17)/t12?,13-/m1/s1. The van der Waals surface area contributed by atoms with Gasteiger partial charge in [0.1, 0.15) is 0 Å². The minimum atomic E-state index is 0.0521. The first-order chi connectivity index (χ1) is 8.09. The van der Waals surface area contributed by atoms with Gasteiger partial charge in [-0.3, -0.25) is 4.79 Å². The van der Waals surface area contributed by atoms with Crippen molar-refractivity contribution in [3.05, 3.63) is 0 Å². The van der Waals surface area contributed by atoms with Gasteiger partial charge < -0.3 is 10.6 Å². The number of hydrogen-bond donors (Lipinski definition) is 2. The molecule has 0 radical (unpaired) electrons. The predicted octanol–water partition coefficient (Wildman–Crippen LogP) is 2.46. The van der Waals surface area contributed by atoms with Crippen molar-refractivity contribution in [1.29, 1.82) is 0 Å². The Bertz CT molecular complexity index is 222. The Kier molecular flexibility index (Phi) is 6.56. The fourth-order valence-corrected chi connectivity index (χ4v) is 2.32. The quantitative estimate of drug-likeness (QED) is 0.749. The molecule has 1 aliphatic heterocycles. The van der Waals surface area contributed by atoms with Crippen LogP contribution in [0.1, 0.15) is 59.3 Å². The van der Waals surface area contributed by atoms with Crippen molar-refractivity contribution >= 4 is 5.91 Å². The van der Waals surface area contributed by atoms with Crippen LogP contribution >= 0.6 is 0 Å². The van der Waals surface area contributed by atoms with E-state index in [1.165, 1.54) is 25.7 Å². The lowest BCUT2D eigenvalue weighted by molar-refractivity contribution is -0.124. The molecule has 2 atom stereocenters. The highest BCUT2D eigenvalue weighted by atomic mass is 16.2. The van der Waals surface area contributed by atoms with Gasteiger partial charge in [-0.1, -0.05) is 33.1 Å². The molecular weight excluding hydrogens is 212 g/mol. The predicted molar refractivity (Wildman–Crippen MR) is 71.9 cm³/mol. The Morgan fingerprint density at radius 2 is 2.06 bits per heavy atom. The largest absolute Gasteiger partial charge is 0.352 e. The van der Waals surface area contributed by atoms with E-state index in [2.05, 4.69) is 31.4 Å². The molecule has 1 aliphatic rings. The highest BCUT2D eigenvalue weighted by molar-refractivity contribution is 5.82. The molecule has 17 heavy (non-hydrogen) atoms. The van der Waals surface area contributed by atoms with Crippen LogP contribution in [0.15, 0.2) is 0 Å². The van der Waals surface area contributed by atoms with Crippen LogP contribution in [0.2, 0.25) is 0 Å². The average molecular weight is 240 g/mol. The van der Waals surface area contributed by atoms with Gasteiger partial charge in [-0.25, -0.2) is 0 Å². The molecule has 1 saturated heterocycles. The molecule has 1 heterocycles. The molecule has 3 heteroatoms. The van der Waals surface area contributed by atoms with Gasteiger partial charge in [-0.2, -0.15) is 0 Å². The molecule has 0 spiro atoms. The van der Waals surface area contributed by atoms with Crippen molar-refractivity contribution in [1.82, 2.24) is 10.6 Å². The number of piperidine rings is 1. The monoisotopic (exact) mass is 240 g/mol. The molecule has 1 fully saturated rings. The molecule has 0 aromatic heterocycles. The molecule has 2 N–H and O–H groups in total. The number of nitrogens with one attached hydrogen (secondary N) is 2. The molecule has 1 unspecified atom stereocenters. The first-order valence-corrected chi connectivity index (χ1v) is 7.13. The van der Waals surface area contributed by atoms with E-state index in [1.54, 1.807) is 0 Å². The van der Waals surface area contributed by atoms with Crippen molar-refractivity contribution in [3.8, 4) is 0 Å². The second-order valence-corrected chi connectivity index (χ2v) is 5.74. The van der Waals surface area contributed by atoms with Crippen LogP contribution in [0, 0.1) is 5.92 Å². The van der Waals surface area contributed by atoms with E-state index in [0.717, 1.165) is 25.3 Å². The fraction of sp³-hybridized carbons (Fsp3) is 0.929. The summed E-state index contributed by atoms with van der Waals surface area (Å²) in [7, 11) is 0. The zero-order valence-corrected chi connectivity index (χ0v) is 11.6. The zero-order valence-electron chi connectivity index (χ0n) is 11.6. The van der Waals surface area contributed by atoms with Crippen LogP contribution in [-0.4, -0.2) is 24.5 Å². The van der Waals surface area contributed by atoms with Crippen molar-refractivity contribution in [2.75, 3.05) is 6.54 Å². The molecule has 100 valence electrons. The third-order valence-electron chi connectivity index (χ3n) is 3.43. The Labute approximate surface area is 106 Å². The van der Waals surface area contributed by atoms with E-state index in [-0.39, 0.29) is 11.9 Å². The summed E-state index contributed by atoms with van der Waals surface area (Å²) in [5.74, 6) is 0.958. The summed E-state index contributed by atoms with van der Waals surface area (Å²) in [6.07, 6.45) is 6.92. The van der Waals surface area contributed by atoms with E-state index in [1.807, 2.05) is 0 Å². The summed E-state index contributed by atoms with van der Waals surface area (Å²) in [5.41, 5.74) is 0. The smallest absolute Gasteiger partial charge is 0.237 e. The summed E-state index contributed by atoms with van der Waals surface area (Å²) in [5, 5.41) is 6.41. The van der Waals surface area contributed by atoms with E-state index >= 15 is 0 Å². The average Bonchev–Trinajstić information content (AvgIpc) is 2.29. The Morgan fingerprint density at radius 3 is 2.65 bits per heavy atom. The SMILES string of the molecule is CC(C)CCCC(C)NC(=O)[C@H]1CCCCN1. The Balaban J connectivity index is 2.15. The molecule has 1 rings (SSSR count). The van der Waals surface area contributed by atoms with Gasteiger partial charge in [0.15, 0.2) is 0 Å². The summed E-state index contributed by atoms with van der Waals surface area (Å²) < 4.78 is 0. The topological polar surface area (TPSA) is 41.1 Å². The van der Waals surface area contributed by atoms with Gasteiger partial charge >= 0.3 is 0 Å². The summed E-state index contributed by atoms with van der Waals surface area (Å²) in [4.78, 5) is 11.9. The van der Waals surface area contributed by atoms with Crippen molar-refractivity contribution < 1.29 is 4.79 Å². The molecule has 0 bridgehead atoms. The molecule has 0 aliphatic carbocycles. The third kappa shape index (κ3) is 6.06. The second-order valence-electron chi connectivity index (χ2n) is 5.74. The van der Waals surface area contributed by atoms with E-state index in [4.69, 9.17) is 0 Å². The van der Waals surface area contributed by atoms with Crippen molar-refractivity contribution in [2.45, 2.75) is 71.4 Å². The van der Waals surface area contributed by atoms with Gasteiger partial charge in [-0.05, 0) is 38.6 Å². The third-order valence-corrected chi connectivity index (χ3v) is 3.43. The van der Waals surface area contributed by atoms with Gasteiger partial charge in [0, 0.05) is 6.04 Å². The zero-order chi connectivity index (χ0) is 12.7. The van der Waals surface area contributed by atoms with Crippen molar-refractivity contribution in [3.63, 3.8) is 0 Å². The Hall–Kier alpha value is -0.570. The molecule has 3 nitrogen and oxygen atoms in total. The number of carbonyl (C=O) groups excluding carboxylic acids is 1. The maximum absolute atomic E-state index is 11.9. The van der Waals surface area contributed by atoms with E-state index < -0.39 is 0 Å². The van der Waals surface area contributed by atoms with Crippen LogP contribution in [0.4, 0.5) is 0 Å². The maximum Gasteiger partial charge on any atom is 0.237 e. The molecular formula is C14H28N2O. The molecule has 0 saturated carbocycles. The highest BCUT2D eigenvalue weighted by Gasteiger charge is 2.21. The number of carbonyl (C=O) groups is 1. The minimum Gasteiger partial charge on any atom is -0.352 e. The lowest BCUT2D eigenvalue weighted by Crippen LogP contribution is -2.48. The van der Waals surface area contributed by atoms with Gasteiger partial charge in [0.2, 0.25) is 5.91 Å². The lowest BCUT2D eigenvalue weighted by Gasteiger charge is -2.24. The van der Waals surface area contributed by atoms with Crippen LogP contribution in [0.25, 0.3) is 0 Å². The second kappa shape index (κ2) is 7.70. The van der Waals surface area contributed by atoms with Gasteiger partial charge in [0.25, 0.3) is 0 Å². The van der Waals surface area contributed by atoms with Gasteiger partial charge in [0.05, 0.1) is 6.04 Å². The normalized spacial score (nSPS) is 22.5. The maximum atomic E-state index is 11.9. The van der Waals surface area contributed by atoms with Crippen molar-refractivity contribution in [2.24, 2.45) is 5.92 Å². The van der Waals surface area contributed by atoms with E-state index in [0.29, 0.717) is 6.04 Å². The summed E-state index contributed by atoms with van der Waals surface area (Å²) in [6.45, 7) is 7.59. The first kappa shape index (κ1) is 14.5. The fourth-order valence-electron chi connectivity index (χ4n) is 2.32. The summed E-state index contributed by atoms with van der Waals surface area (Å²) in [6, 6.07) is 0.362. The summed E-state index contributed by atoms with van der Waals surface area (Å²) >= 11 is 0. The van der Waals surface area contributed by atoms with Gasteiger partial charge in [-0.15, -0.1) is 0 Å². The van der Waals surface area contributed by atoms with Crippen LogP contribution in [0.5, 0.6) is 0 Å². The number of hydrogen-bond acceptors (Lipinski definition) is 2. The number of amides is 1. The van der Waals surface area contributed by atoms with E-state index in [9.17, 15) is 4.79 Å². The molecule has 0 aromatic carbocycles. The molecule has 0 aromatic rings. The highest BCUT2D eigenvalue weighted by Crippen LogP contribution is 2.10. The minimum absolute atomic E-state index is 0.0521. The first-order valence-electron chi connectivity index (χ1n) is 7.13. The Morgan fingerprint density at radius 1 is 1.29 bits per heavy atom. The van der Waals surface area contributed by atoms with Crippen LogP contribution in [0.3, 0.4) is 0 Å². The lowest BCUT2D eigenvalue weighted by atomic mass is 10.0. The molecule has 1 amide bonds.